The summed E-state index contributed by atoms with van der Waals surface area (Å²) in [6, 6.07) is 10.4. The van der Waals surface area contributed by atoms with Gasteiger partial charge in [0.2, 0.25) is 5.91 Å². The fraction of sp³-hybridized carbons (Fsp3) is 0.367. The van der Waals surface area contributed by atoms with Crippen LogP contribution in [0.2, 0.25) is 30.7 Å². The molecule has 0 aliphatic carbocycles. The van der Waals surface area contributed by atoms with E-state index in [2.05, 4.69) is 34.7 Å². The molecule has 0 unspecified atom stereocenters. The third-order valence-electron chi connectivity index (χ3n) is 7.41. The van der Waals surface area contributed by atoms with Crippen LogP contribution in [-0.2, 0) is 22.8 Å². The first-order valence-electron chi connectivity index (χ1n) is 14.2. The monoisotopic (exact) mass is 619 g/mol. The zero-order chi connectivity index (χ0) is 30.3. The zero-order valence-corrected chi connectivity index (χ0v) is 26.4. The lowest BCUT2D eigenvalue weighted by atomic mass is 10.2. The Bertz CT molecular complexity index is 1810. The Balaban J connectivity index is 1.20. The molecule has 224 valence electrons. The third kappa shape index (κ3) is 6.42. The van der Waals surface area contributed by atoms with Crippen molar-refractivity contribution < 1.29 is 19.4 Å². The summed E-state index contributed by atoms with van der Waals surface area (Å²) in [5.74, 6) is 1.84. The number of imidazole rings is 1. The smallest absolute Gasteiger partial charge is 0.244 e. The molecule has 1 amide bonds. The van der Waals surface area contributed by atoms with Crippen LogP contribution >= 0.6 is 11.6 Å². The van der Waals surface area contributed by atoms with Gasteiger partial charge in [0.05, 0.1) is 40.7 Å². The molecule has 1 fully saturated rings. The number of aryl methyl sites for hydroxylation is 1. The Morgan fingerprint density at radius 1 is 1.12 bits per heavy atom. The second kappa shape index (κ2) is 11.7. The van der Waals surface area contributed by atoms with E-state index in [1.54, 1.807) is 34.2 Å². The van der Waals surface area contributed by atoms with E-state index in [4.69, 9.17) is 26.1 Å². The van der Waals surface area contributed by atoms with Crippen LogP contribution in [0, 0.1) is 6.92 Å². The summed E-state index contributed by atoms with van der Waals surface area (Å²) in [6.45, 7) is 10.9. The minimum Gasteiger partial charge on any atom is -0.456 e. The minimum atomic E-state index is -1.17. The van der Waals surface area contributed by atoms with Crippen LogP contribution in [-0.4, -0.2) is 79.1 Å². The van der Waals surface area contributed by atoms with E-state index in [0.717, 1.165) is 29.5 Å². The largest absolute Gasteiger partial charge is 0.456 e. The third-order valence-corrected chi connectivity index (χ3v) is 9.48. The highest BCUT2D eigenvalue weighted by Crippen LogP contribution is 2.36. The summed E-state index contributed by atoms with van der Waals surface area (Å²) in [6.07, 6.45) is 4.59. The van der Waals surface area contributed by atoms with Crippen molar-refractivity contribution in [3.8, 4) is 22.8 Å². The number of fused-ring (bicyclic) bond motifs is 2. The number of rotatable bonds is 10. The number of hydrogen-bond acceptors (Lipinski definition) is 8. The predicted octanol–water partition coefficient (Wildman–Crippen LogP) is 5.11. The molecule has 2 aromatic carbocycles. The van der Waals surface area contributed by atoms with Gasteiger partial charge in [0.1, 0.15) is 41.1 Å². The first kappa shape index (κ1) is 29.2. The van der Waals surface area contributed by atoms with Gasteiger partial charge in [-0.05, 0) is 37.2 Å². The van der Waals surface area contributed by atoms with Gasteiger partial charge in [-0.3, -0.25) is 14.5 Å². The molecule has 3 aromatic heterocycles. The second-order valence-corrected chi connectivity index (χ2v) is 18.1. The summed E-state index contributed by atoms with van der Waals surface area (Å²) in [7, 11) is -1.17. The standard InChI is InChI=1S/C30H34ClN7O4Si/c1-19-34-23-6-5-22(11-26(23)38(19)18-41-9-10-43(2,3)4)42-27-8-7-24-30(29(27)31)35-25(13-32-24)20-12-33-37(14-20)17-28(40)36-15-21(39)16-36/h5-8,11-14,21,39H,9-10,15-18H2,1-4H3. The molecule has 1 aliphatic rings. The Labute approximate surface area is 255 Å². The molecular formula is C30H34ClN7O4Si. The summed E-state index contributed by atoms with van der Waals surface area (Å²) in [5.41, 5.74) is 4.17. The number of aromatic nitrogens is 6. The summed E-state index contributed by atoms with van der Waals surface area (Å²) < 4.78 is 15.9. The van der Waals surface area contributed by atoms with Gasteiger partial charge < -0.3 is 24.0 Å². The van der Waals surface area contributed by atoms with Crippen molar-refractivity contribution in [2.45, 2.75) is 52.0 Å². The van der Waals surface area contributed by atoms with E-state index in [9.17, 15) is 9.90 Å². The van der Waals surface area contributed by atoms with Crippen LogP contribution in [0.15, 0.2) is 48.9 Å². The summed E-state index contributed by atoms with van der Waals surface area (Å²) in [4.78, 5) is 27.9. The molecule has 13 heteroatoms. The van der Waals surface area contributed by atoms with Crippen molar-refractivity contribution in [3.63, 3.8) is 0 Å². The van der Waals surface area contributed by atoms with E-state index in [0.29, 0.717) is 58.6 Å². The number of β-amino-alcohol motifs (C(OH)–C–C–N with tert-alkyl or cyclic N) is 1. The molecule has 0 radical (unpaired) electrons. The van der Waals surface area contributed by atoms with Crippen LogP contribution in [0.25, 0.3) is 33.3 Å². The molecule has 0 spiro atoms. The van der Waals surface area contributed by atoms with Gasteiger partial charge in [-0.25, -0.2) is 9.97 Å². The average molecular weight is 620 g/mol. The zero-order valence-electron chi connectivity index (χ0n) is 24.6. The lowest BCUT2D eigenvalue weighted by Gasteiger charge is -2.35. The number of amides is 1. The van der Waals surface area contributed by atoms with E-state index >= 15 is 0 Å². The summed E-state index contributed by atoms with van der Waals surface area (Å²) in [5, 5.41) is 14.1. The highest BCUT2D eigenvalue weighted by molar-refractivity contribution is 6.76. The van der Waals surface area contributed by atoms with E-state index in [1.165, 1.54) is 0 Å². The number of likely N-dealkylation sites (tertiary alicyclic amines) is 1. The first-order chi connectivity index (χ1) is 20.5. The van der Waals surface area contributed by atoms with Gasteiger partial charge in [-0.1, -0.05) is 31.2 Å². The molecule has 1 N–H and O–H groups in total. The Morgan fingerprint density at radius 3 is 2.67 bits per heavy atom. The minimum absolute atomic E-state index is 0.0832. The molecule has 0 bridgehead atoms. The second-order valence-electron chi connectivity index (χ2n) is 12.1. The number of nitrogens with zero attached hydrogens (tertiary/aromatic N) is 7. The van der Waals surface area contributed by atoms with Crippen molar-refractivity contribution in [1.29, 1.82) is 0 Å². The van der Waals surface area contributed by atoms with E-state index in [1.807, 2.05) is 35.8 Å². The molecule has 1 saturated heterocycles. The van der Waals surface area contributed by atoms with Crippen molar-refractivity contribution >= 4 is 47.6 Å². The van der Waals surface area contributed by atoms with Crippen molar-refractivity contribution in [2.24, 2.45) is 0 Å². The van der Waals surface area contributed by atoms with E-state index in [-0.39, 0.29) is 12.5 Å². The highest BCUT2D eigenvalue weighted by atomic mass is 35.5. The van der Waals surface area contributed by atoms with Gasteiger partial charge >= 0.3 is 0 Å². The molecule has 6 rings (SSSR count). The van der Waals surface area contributed by atoms with E-state index < -0.39 is 14.2 Å². The number of ether oxygens (including phenoxy) is 2. The number of benzene rings is 2. The predicted molar refractivity (Wildman–Crippen MR) is 167 cm³/mol. The fourth-order valence-corrected chi connectivity index (χ4v) is 5.83. The molecular weight excluding hydrogens is 586 g/mol. The molecule has 4 heterocycles. The van der Waals surface area contributed by atoms with Gasteiger partial charge in [-0.15, -0.1) is 0 Å². The first-order valence-corrected chi connectivity index (χ1v) is 18.3. The van der Waals surface area contributed by atoms with Gasteiger partial charge in [0, 0.05) is 45.6 Å². The van der Waals surface area contributed by atoms with Crippen LogP contribution < -0.4 is 4.74 Å². The van der Waals surface area contributed by atoms with Crippen LogP contribution in [0.4, 0.5) is 0 Å². The van der Waals surface area contributed by atoms with Gasteiger partial charge in [0.25, 0.3) is 0 Å². The highest BCUT2D eigenvalue weighted by Gasteiger charge is 2.28. The lowest BCUT2D eigenvalue weighted by Crippen LogP contribution is -2.54. The number of carbonyl (C=O) groups is 1. The molecule has 1 aliphatic heterocycles. The number of carbonyl (C=O) groups excluding carboxylic acids is 1. The van der Waals surface area contributed by atoms with Crippen LogP contribution in [0.5, 0.6) is 11.5 Å². The Hall–Kier alpha value is -3.84. The maximum absolute atomic E-state index is 12.4. The molecule has 0 atom stereocenters. The SMILES string of the molecule is Cc1nc2ccc(Oc3ccc4ncc(-c5cnn(CC(=O)N6CC(O)C6)c5)nc4c3Cl)cc2n1COCC[Si](C)(C)C. The fourth-order valence-electron chi connectivity index (χ4n) is 4.83. The number of aliphatic hydroxyl groups is 1. The molecule has 11 nitrogen and oxygen atoms in total. The topological polar surface area (TPSA) is 120 Å². The number of hydrogen-bond donors (Lipinski definition) is 1. The lowest BCUT2D eigenvalue weighted by molar-refractivity contribution is -0.142. The average Bonchev–Trinajstić information content (AvgIpc) is 3.53. The molecule has 5 aromatic rings. The quantitative estimate of drug-likeness (QED) is 0.169. The number of aliphatic hydroxyl groups excluding tert-OH is 1. The van der Waals surface area contributed by atoms with Crippen LogP contribution in [0.1, 0.15) is 5.82 Å². The number of halogens is 1. The van der Waals surface area contributed by atoms with Gasteiger partial charge in [-0.2, -0.15) is 5.10 Å². The Morgan fingerprint density at radius 2 is 1.91 bits per heavy atom. The maximum Gasteiger partial charge on any atom is 0.244 e. The maximum atomic E-state index is 12.4. The molecule has 0 saturated carbocycles. The normalized spacial score (nSPS) is 14.0. The van der Waals surface area contributed by atoms with Crippen molar-refractivity contribution in [3.05, 3.63) is 59.8 Å². The van der Waals surface area contributed by atoms with Crippen molar-refractivity contribution in [2.75, 3.05) is 19.7 Å². The molecule has 43 heavy (non-hydrogen) atoms. The van der Waals surface area contributed by atoms with Crippen LogP contribution in [0.3, 0.4) is 0 Å². The van der Waals surface area contributed by atoms with Gasteiger partial charge in [0.15, 0.2) is 0 Å². The Kier molecular flexibility index (Phi) is 7.94. The summed E-state index contributed by atoms with van der Waals surface area (Å²) >= 11 is 6.82. The van der Waals surface area contributed by atoms with Crippen molar-refractivity contribution in [1.82, 2.24) is 34.2 Å².